The van der Waals surface area contributed by atoms with Crippen molar-refractivity contribution in [3.63, 3.8) is 0 Å². The summed E-state index contributed by atoms with van der Waals surface area (Å²) in [4.78, 5) is 4.28. The van der Waals surface area contributed by atoms with Crippen LogP contribution in [0.15, 0.2) is 47.5 Å². The molecule has 0 amide bonds. The Morgan fingerprint density at radius 2 is 1.65 bits per heavy atom. The van der Waals surface area contributed by atoms with Gasteiger partial charge in [-0.3, -0.25) is 4.99 Å². The van der Waals surface area contributed by atoms with Crippen LogP contribution in [0.3, 0.4) is 0 Å². The quantitative estimate of drug-likeness (QED) is 0.655. The highest BCUT2D eigenvalue weighted by molar-refractivity contribution is 6.36. The van der Waals surface area contributed by atoms with Crippen LogP contribution in [0.4, 0.5) is 5.69 Å². The fourth-order valence-electron chi connectivity index (χ4n) is 1.30. The van der Waals surface area contributed by atoms with Crippen molar-refractivity contribution in [3.8, 4) is 0 Å². The number of benzene rings is 2. The maximum Gasteiger partial charge on any atom is 0.0816 e. The van der Waals surface area contributed by atoms with E-state index in [-0.39, 0.29) is 0 Å². The molecule has 0 heterocycles. The molecule has 0 fully saturated rings. The van der Waals surface area contributed by atoms with Gasteiger partial charge in [-0.1, -0.05) is 53.0 Å². The summed E-state index contributed by atoms with van der Waals surface area (Å²) in [6.07, 6.45) is 1.67. The summed E-state index contributed by atoms with van der Waals surface area (Å²) in [7, 11) is 0. The van der Waals surface area contributed by atoms with Crippen molar-refractivity contribution in [3.05, 3.63) is 63.1 Å². The van der Waals surface area contributed by atoms with E-state index < -0.39 is 0 Å². The zero-order chi connectivity index (χ0) is 12.3. The molecule has 0 aromatic heterocycles. The average molecular weight is 285 g/mol. The van der Waals surface area contributed by atoms with E-state index in [1.165, 1.54) is 0 Å². The molecule has 0 aliphatic rings. The van der Waals surface area contributed by atoms with Crippen LogP contribution in [0.25, 0.3) is 0 Å². The minimum Gasteiger partial charge on any atom is -0.255 e. The van der Waals surface area contributed by atoms with E-state index in [1.807, 2.05) is 24.3 Å². The van der Waals surface area contributed by atoms with Gasteiger partial charge in [0.2, 0.25) is 0 Å². The lowest BCUT2D eigenvalue weighted by Crippen LogP contribution is -1.82. The van der Waals surface area contributed by atoms with Gasteiger partial charge in [0.1, 0.15) is 0 Å². The van der Waals surface area contributed by atoms with E-state index in [2.05, 4.69) is 4.99 Å². The monoisotopic (exact) mass is 283 g/mol. The molecule has 0 saturated heterocycles. The fourth-order valence-corrected chi connectivity index (χ4v) is 1.94. The molecule has 2 rings (SSSR count). The summed E-state index contributed by atoms with van der Waals surface area (Å²) in [6, 6.07) is 12.6. The lowest BCUT2D eigenvalue weighted by atomic mass is 10.2. The number of hydrogen-bond acceptors (Lipinski definition) is 1. The van der Waals surface area contributed by atoms with Crippen LogP contribution >= 0.6 is 34.8 Å². The number of aliphatic imine (C=N–C) groups is 1. The molecule has 0 spiro atoms. The second-order valence-electron chi connectivity index (χ2n) is 3.38. The molecule has 0 aliphatic heterocycles. The largest absolute Gasteiger partial charge is 0.255 e. The zero-order valence-corrected chi connectivity index (χ0v) is 11.0. The molecule has 1 nitrogen and oxygen atoms in total. The summed E-state index contributed by atoms with van der Waals surface area (Å²) >= 11 is 17.8. The van der Waals surface area contributed by atoms with Crippen molar-refractivity contribution < 1.29 is 0 Å². The molecule has 17 heavy (non-hydrogen) atoms. The van der Waals surface area contributed by atoms with Gasteiger partial charge >= 0.3 is 0 Å². The Balaban J connectivity index is 2.29. The number of para-hydroxylation sites is 1. The van der Waals surface area contributed by atoms with Gasteiger partial charge < -0.3 is 0 Å². The Morgan fingerprint density at radius 3 is 2.35 bits per heavy atom. The third-order valence-electron chi connectivity index (χ3n) is 2.16. The van der Waals surface area contributed by atoms with E-state index in [0.29, 0.717) is 20.8 Å². The smallest absolute Gasteiger partial charge is 0.0816 e. The van der Waals surface area contributed by atoms with Gasteiger partial charge in [-0.2, -0.15) is 0 Å². The molecule has 2 aromatic rings. The van der Waals surface area contributed by atoms with Crippen molar-refractivity contribution in [2.75, 3.05) is 0 Å². The summed E-state index contributed by atoms with van der Waals surface area (Å²) < 4.78 is 0. The zero-order valence-electron chi connectivity index (χ0n) is 8.70. The summed E-state index contributed by atoms with van der Waals surface area (Å²) in [5.74, 6) is 0. The van der Waals surface area contributed by atoms with Gasteiger partial charge in [-0.05, 0) is 24.3 Å². The van der Waals surface area contributed by atoms with Crippen LogP contribution in [0.1, 0.15) is 5.56 Å². The first kappa shape index (κ1) is 12.4. The highest BCUT2D eigenvalue weighted by Gasteiger charge is 1.99. The summed E-state index contributed by atoms with van der Waals surface area (Å²) in [6.45, 7) is 0. The first-order chi connectivity index (χ1) is 8.16. The van der Waals surface area contributed by atoms with Gasteiger partial charge in [0.05, 0.1) is 15.7 Å². The van der Waals surface area contributed by atoms with Crippen LogP contribution < -0.4 is 0 Å². The Labute approximate surface area is 115 Å². The van der Waals surface area contributed by atoms with E-state index >= 15 is 0 Å². The van der Waals surface area contributed by atoms with Crippen molar-refractivity contribution in [1.29, 1.82) is 0 Å². The Morgan fingerprint density at radius 1 is 0.882 bits per heavy atom. The Kier molecular flexibility index (Phi) is 4.06. The van der Waals surface area contributed by atoms with Gasteiger partial charge in [-0.15, -0.1) is 0 Å². The maximum absolute atomic E-state index is 6.03. The summed E-state index contributed by atoms with van der Waals surface area (Å²) in [5.41, 5.74) is 1.51. The highest BCUT2D eigenvalue weighted by Crippen LogP contribution is 2.25. The Hall–Kier alpha value is -1.02. The molecule has 0 radical (unpaired) electrons. The van der Waals surface area contributed by atoms with Gasteiger partial charge in [-0.25, -0.2) is 0 Å². The van der Waals surface area contributed by atoms with E-state index in [9.17, 15) is 0 Å². The third kappa shape index (κ3) is 3.22. The van der Waals surface area contributed by atoms with Crippen LogP contribution in [0.2, 0.25) is 15.1 Å². The molecule has 0 bridgehead atoms. The SMILES string of the molecule is Clc1ccc(C=Nc2ccccc2Cl)c(Cl)c1. The van der Waals surface area contributed by atoms with Crippen LogP contribution in [0.5, 0.6) is 0 Å². The van der Waals surface area contributed by atoms with Crippen LogP contribution in [0, 0.1) is 0 Å². The molecule has 0 atom stereocenters. The topological polar surface area (TPSA) is 12.4 Å². The standard InChI is InChI=1S/C13H8Cl3N/c14-10-6-5-9(12(16)7-10)8-17-13-4-2-1-3-11(13)15/h1-8H. The van der Waals surface area contributed by atoms with Crippen molar-refractivity contribution in [2.45, 2.75) is 0 Å². The molecular formula is C13H8Cl3N. The van der Waals surface area contributed by atoms with Crippen molar-refractivity contribution in [1.82, 2.24) is 0 Å². The van der Waals surface area contributed by atoms with Crippen molar-refractivity contribution in [2.24, 2.45) is 4.99 Å². The minimum atomic E-state index is 0.563. The number of hydrogen-bond donors (Lipinski definition) is 0. The van der Waals surface area contributed by atoms with E-state index in [0.717, 1.165) is 5.56 Å². The fraction of sp³-hybridized carbons (Fsp3) is 0. The molecule has 2 aromatic carbocycles. The van der Waals surface area contributed by atoms with Crippen LogP contribution in [-0.4, -0.2) is 6.21 Å². The van der Waals surface area contributed by atoms with E-state index in [4.69, 9.17) is 34.8 Å². The minimum absolute atomic E-state index is 0.563. The average Bonchev–Trinajstić information content (AvgIpc) is 2.30. The van der Waals surface area contributed by atoms with E-state index in [1.54, 1.807) is 24.4 Å². The molecule has 0 N–H and O–H groups in total. The second-order valence-corrected chi connectivity index (χ2v) is 4.63. The van der Waals surface area contributed by atoms with Gasteiger partial charge in [0.25, 0.3) is 0 Å². The normalized spacial score (nSPS) is 11.0. The van der Waals surface area contributed by atoms with Crippen molar-refractivity contribution >= 4 is 46.7 Å². The predicted octanol–water partition coefficient (Wildman–Crippen LogP) is 5.40. The maximum atomic E-state index is 6.03. The molecule has 0 aliphatic carbocycles. The van der Waals surface area contributed by atoms with Gasteiger partial charge in [0.15, 0.2) is 0 Å². The number of halogens is 3. The van der Waals surface area contributed by atoms with Gasteiger partial charge in [0, 0.05) is 16.8 Å². The lowest BCUT2D eigenvalue weighted by Gasteiger charge is -1.99. The first-order valence-electron chi connectivity index (χ1n) is 4.90. The number of rotatable bonds is 2. The molecular weight excluding hydrogens is 277 g/mol. The number of nitrogens with zero attached hydrogens (tertiary/aromatic N) is 1. The summed E-state index contributed by atoms with van der Waals surface area (Å²) in [5, 5.41) is 1.77. The molecule has 0 unspecified atom stereocenters. The molecule has 4 heteroatoms. The highest BCUT2D eigenvalue weighted by atomic mass is 35.5. The Bertz CT molecular complexity index is 564. The molecule has 86 valence electrons. The lowest BCUT2D eigenvalue weighted by molar-refractivity contribution is 1.52. The predicted molar refractivity (Wildman–Crippen MR) is 75.2 cm³/mol. The van der Waals surface area contributed by atoms with Crippen LogP contribution in [-0.2, 0) is 0 Å². The second kappa shape index (κ2) is 5.54. The first-order valence-corrected chi connectivity index (χ1v) is 6.04. The third-order valence-corrected chi connectivity index (χ3v) is 3.04. The molecule has 0 saturated carbocycles.